The van der Waals surface area contributed by atoms with Crippen molar-refractivity contribution in [3.63, 3.8) is 0 Å². The van der Waals surface area contributed by atoms with E-state index < -0.39 is 6.10 Å². The summed E-state index contributed by atoms with van der Waals surface area (Å²) in [6, 6.07) is 14.0. The Balaban J connectivity index is 0.789. The minimum Gasteiger partial charge on any atom is -0.391 e. The largest absolute Gasteiger partial charge is 0.391 e. The molecule has 2 saturated heterocycles. The quantitative estimate of drug-likeness (QED) is 0.168. The van der Waals surface area contributed by atoms with Crippen LogP contribution in [0.15, 0.2) is 61.2 Å². The number of benzene rings is 1. The molecular weight excluding hydrogens is 721 g/mol. The van der Waals surface area contributed by atoms with Crippen LogP contribution < -0.4 is 15.5 Å². The number of amides is 2. The third kappa shape index (κ3) is 7.84. The van der Waals surface area contributed by atoms with E-state index in [9.17, 15) is 20.0 Å². The van der Waals surface area contributed by atoms with Gasteiger partial charge in [-0.2, -0.15) is 15.0 Å². The Bertz CT molecular complexity index is 2280. The van der Waals surface area contributed by atoms with Crippen LogP contribution in [0.1, 0.15) is 92.9 Å². The summed E-state index contributed by atoms with van der Waals surface area (Å²) in [6.45, 7) is 5.17. The zero-order chi connectivity index (χ0) is 38.9. The molecule has 1 unspecified atom stereocenters. The molecule has 15 nitrogen and oxygen atoms in total. The molecule has 4 aromatic heterocycles. The van der Waals surface area contributed by atoms with Gasteiger partial charge in [0.2, 0.25) is 11.8 Å². The highest BCUT2D eigenvalue weighted by Gasteiger charge is 2.30. The molecule has 0 radical (unpaired) electrons. The molecular formula is C42H48N12O3. The average molecular weight is 769 g/mol. The van der Waals surface area contributed by atoms with E-state index in [1.165, 1.54) is 31.1 Å². The Morgan fingerprint density at radius 2 is 1.75 bits per heavy atom. The number of rotatable bonds is 10. The van der Waals surface area contributed by atoms with Crippen molar-refractivity contribution < 1.29 is 14.7 Å². The third-order valence-corrected chi connectivity index (χ3v) is 12.6. The number of carbonyl (C=O) groups is 2. The number of nitriles is 1. The zero-order valence-corrected chi connectivity index (χ0v) is 32.0. The number of pyridine rings is 2. The van der Waals surface area contributed by atoms with Gasteiger partial charge in [0.1, 0.15) is 11.8 Å². The Morgan fingerprint density at radius 3 is 2.51 bits per heavy atom. The van der Waals surface area contributed by atoms with E-state index in [2.05, 4.69) is 59.0 Å². The van der Waals surface area contributed by atoms with E-state index in [1.807, 2.05) is 24.4 Å². The summed E-state index contributed by atoms with van der Waals surface area (Å²) in [4.78, 5) is 38.1. The number of aliphatic hydroxyl groups is 1. The first-order chi connectivity index (χ1) is 27.9. The number of piperazine rings is 1. The Labute approximate surface area is 331 Å². The lowest BCUT2D eigenvalue weighted by atomic mass is 9.79. The molecule has 1 aromatic carbocycles. The number of aliphatic hydroxyl groups excluding tert-OH is 1. The maximum atomic E-state index is 12.3. The lowest BCUT2D eigenvalue weighted by Crippen LogP contribution is -2.47. The molecule has 3 N–H and O–H groups in total. The van der Waals surface area contributed by atoms with Gasteiger partial charge in [0, 0.05) is 61.9 Å². The first-order valence-electron chi connectivity index (χ1n) is 20.4. The van der Waals surface area contributed by atoms with Crippen molar-refractivity contribution in [2.45, 2.75) is 88.2 Å². The molecule has 4 aliphatic rings. The maximum absolute atomic E-state index is 12.3. The number of aromatic nitrogens is 7. The molecule has 294 valence electrons. The van der Waals surface area contributed by atoms with Crippen LogP contribution in [-0.4, -0.2) is 101 Å². The molecule has 0 bridgehead atoms. The van der Waals surface area contributed by atoms with Gasteiger partial charge in [-0.25, -0.2) is 14.6 Å². The van der Waals surface area contributed by atoms with Crippen LogP contribution in [0.5, 0.6) is 0 Å². The standard InChI is InChI=1S/C42H48N12O3/c43-22-28-20-31-24-46-54(41(31)45-23-28)39-21-35(47-34-2-1-3-38(34)55)37(25-44-39)53-26-36(49-50-53)30-6-4-27(5-7-30)14-15-51-16-18-52(19-17-51)32-10-8-29(9-11-32)33-12-13-40(56)48-42(33)57/h8-11,20-21,23-27,30,33-34,38,55H,1-7,12-19H2,(H,44,47)(H,48,56,57)/t27?,30?,33?,34-,38+/m0/s1. The topological polar surface area (TPSA) is 183 Å². The predicted octanol–water partition coefficient (Wildman–Crippen LogP) is 4.60. The van der Waals surface area contributed by atoms with Gasteiger partial charge in [0.15, 0.2) is 11.5 Å². The fourth-order valence-electron chi connectivity index (χ4n) is 9.16. The number of hydrogen-bond acceptors (Lipinski definition) is 12. The molecule has 9 rings (SSSR count). The van der Waals surface area contributed by atoms with Crippen LogP contribution in [0.25, 0.3) is 22.5 Å². The first-order valence-corrected chi connectivity index (χ1v) is 20.4. The molecule has 2 aliphatic heterocycles. The highest BCUT2D eigenvalue weighted by atomic mass is 16.3. The van der Waals surface area contributed by atoms with E-state index in [-0.39, 0.29) is 23.8 Å². The molecule has 2 saturated carbocycles. The number of anilines is 2. The normalized spacial score (nSPS) is 24.4. The monoisotopic (exact) mass is 768 g/mol. The fourth-order valence-corrected chi connectivity index (χ4v) is 9.16. The highest BCUT2D eigenvalue weighted by molar-refractivity contribution is 6.01. The lowest BCUT2D eigenvalue weighted by molar-refractivity contribution is -0.134. The van der Waals surface area contributed by atoms with Crippen molar-refractivity contribution >= 4 is 34.2 Å². The van der Waals surface area contributed by atoms with Crippen LogP contribution in [0.4, 0.5) is 11.4 Å². The van der Waals surface area contributed by atoms with Crippen molar-refractivity contribution in [3.05, 3.63) is 78.0 Å². The maximum Gasteiger partial charge on any atom is 0.234 e. The van der Waals surface area contributed by atoms with Gasteiger partial charge in [-0.1, -0.05) is 17.3 Å². The second-order valence-electron chi connectivity index (χ2n) is 16.1. The molecule has 15 heteroatoms. The third-order valence-electron chi connectivity index (χ3n) is 12.6. The summed E-state index contributed by atoms with van der Waals surface area (Å²) < 4.78 is 3.46. The number of carbonyl (C=O) groups excluding carboxylic acids is 2. The van der Waals surface area contributed by atoms with E-state index in [4.69, 9.17) is 4.98 Å². The summed E-state index contributed by atoms with van der Waals surface area (Å²) >= 11 is 0. The van der Waals surface area contributed by atoms with Gasteiger partial charge in [-0.3, -0.25) is 19.8 Å². The summed E-state index contributed by atoms with van der Waals surface area (Å²) in [5.41, 5.74) is 5.78. The summed E-state index contributed by atoms with van der Waals surface area (Å²) in [6.07, 6.45) is 15.9. The van der Waals surface area contributed by atoms with Gasteiger partial charge < -0.3 is 15.3 Å². The Hall–Kier alpha value is -5.72. The van der Waals surface area contributed by atoms with Crippen LogP contribution in [0.2, 0.25) is 0 Å². The molecule has 5 aromatic rings. The van der Waals surface area contributed by atoms with E-state index in [0.29, 0.717) is 41.7 Å². The Kier molecular flexibility index (Phi) is 10.4. The number of nitrogens with one attached hydrogen (secondary N) is 2. The van der Waals surface area contributed by atoms with Crippen molar-refractivity contribution in [2.24, 2.45) is 5.92 Å². The summed E-state index contributed by atoms with van der Waals surface area (Å²) in [5, 5.41) is 40.5. The molecule has 0 spiro atoms. The minimum atomic E-state index is -0.435. The predicted molar refractivity (Wildman–Crippen MR) is 213 cm³/mol. The summed E-state index contributed by atoms with van der Waals surface area (Å²) in [5.74, 6) is 1.02. The Morgan fingerprint density at radius 1 is 0.930 bits per heavy atom. The second kappa shape index (κ2) is 16.0. The van der Waals surface area contributed by atoms with Crippen molar-refractivity contribution in [1.29, 1.82) is 5.26 Å². The summed E-state index contributed by atoms with van der Waals surface area (Å²) in [7, 11) is 0. The van der Waals surface area contributed by atoms with Crippen LogP contribution in [0.3, 0.4) is 0 Å². The van der Waals surface area contributed by atoms with Gasteiger partial charge in [0.05, 0.1) is 53.6 Å². The van der Waals surface area contributed by atoms with Gasteiger partial charge in [0.25, 0.3) is 0 Å². The van der Waals surface area contributed by atoms with Gasteiger partial charge in [-0.05, 0) is 94.0 Å². The van der Waals surface area contributed by atoms with Crippen LogP contribution >= 0.6 is 0 Å². The van der Waals surface area contributed by atoms with Crippen molar-refractivity contribution in [3.8, 4) is 17.6 Å². The van der Waals surface area contributed by atoms with E-state index in [0.717, 1.165) is 92.8 Å². The molecule has 4 fully saturated rings. The van der Waals surface area contributed by atoms with Crippen LogP contribution in [0, 0.1) is 17.2 Å². The lowest BCUT2D eigenvalue weighted by Gasteiger charge is -2.37. The number of hydrogen-bond donors (Lipinski definition) is 3. The van der Waals surface area contributed by atoms with Gasteiger partial charge >= 0.3 is 0 Å². The number of fused-ring (bicyclic) bond motifs is 1. The van der Waals surface area contributed by atoms with Crippen LogP contribution in [-0.2, 0) is 9.59 Å². The SMILES string of the molecule is N#Cc1cnc2c(cnn2-c2cc(N[C@H]3CCC[C@H]3O)c(-n3cc(C4CCC(CCN5CCN(c6ccc(C7CCC(=O)NC7=O)cc6)CC5)CC4)nn3)cn2)c1. The zero-order valence-electron chi connectivity index (χ0n) is 32.0. The fraction of sp³-hybridized carbons (Fsp3) is 0.476. The molecule has 6 heterocycles. The number of imide groups is 1. The average Bonchev–Trinajstić information content (AvgIpc) is 4.01. The first kappa shape index (κ1) is 36.9. The molecule has 2 amide bonds. The van der Waals surface area contributed by atoms with E-state index in [1.54, 1.807) is 27.8 Å². The molecule has 3 atom stereocenters. The van der Waals surface area contributed by atoms with E-state index >= 15 is 0 Å². The molecule has 2 aliphatic carbocycles. The van der Waals surface area contributed by atoms with Crippen molar-refractivity contribution in [1.82, 2.24) is 45.0 Å². The van der Waals surface area contributed by atoms with Crippen molar-refractivity contribution in [2.75, 3.05) is 42.9 Å². The second-order valence-corrected chi connectivity index (χ2v) is 16.1. The smallest absolute Gasteiger partial charge is 0.234 e. The number of nitrogens with zero attached hydrogens (tertiary/aromatic N) is 10. The molecule has 57 heavy (non-hydrogen) atoms. The minimum absolute atomic E-state index is 0.0854. The van der Waals surface area contributed by atoms with Gasteiger partial charge in [-0.15, -0.1) is 5.10 Å². The highest BCUT2D eigenvalue weighted by Crippen LogP contribution is 2.37. The number of piperidine rings is 1.